The van der Waals surface area contributed by atoms with Gasteiger partial charge in [-0.2, -0.15) is 0 Å². The molecule has 3 N–H and O–H groups in total. The van der Waals surface area contributed by atoms with Crippen LogP contribution in [0.2, 0.25) is 0 Å². The van der Waals surface area contributed by atoms with E-state index >= 15 is 0 Å². The molecule has 4 rings (SSSR count). The molecule has 0 aliphatic heterocycles. The third kappa shape index (κ3) is 4.52. The predicted molar refractivity (Wildman–Crippen MR) is 114 cm³/mol. The number of rotatable bonds is 7. The molecule has 0 aliphatic rings. The van der Waals surface area contributed by atoms with Crippen molar-refractivity contribution in [3.8, 4) is 0 Å². The first-order valence-corrected chi connectivity index (χ1v) is 9.68. The molecule has 0 fully saturated rings. The zero-order valence-electron chi connectivity index (χ0n) is 16.3. The summed E-state index contributed by atoms with van der Waals surface area (Å²) in [4.78, 5) is 36.2. The number of para-hydroxylation sites is 1. The number of hydrogen-bond donors (Lipinski definition) is 3. The summed E-state index contributed by atoms with van der Waals surface area (Å²) in [6.07, 6.45) is 5.99. The number of nitrogens with one attached hydrogen (secondary N) is 3. The molecule has 3 heterocycles. The molecule has 0 atom stereocenters. The Bertz CT molecular complexity index is 1170. The Hall–Kier alpha value is -4.00. The van der Waals surface area contributed by atoms with Crippen LogP contribution >= 0.6 is 0 Å². The summed E-state index contributed by atoms with van der Waals surface area (Å²) >= 11 is 0. The van der Waals surface area contributed by atoms with Crippen molar-refractivity contribution < 1.29 is 9.59 Å². The summed E-state index contributed by atoms with van der Waals surface area (Å²) in [7, 11) is 0. The quantitative estimate of drug-likeness (QED) is 0.445. The van der Waals surface area contributed by atoms with Crippen LogP contribution in [0.1, 0.15) is 32.1 Å². The molecule has 2 amide bonds. The zero-order chi connectivity index (χ0) is 20.8. The second kappa shape index (κ2) is 9.00. The van der Waals surface area contributed by atoms with E-state index in [4.69, 9.17) is 0 Å². The van der Waals surface area contributed by atoms with Crippen molar-refractivity contribution in [3.63, 3.8) is 0 Å². The van der Waals surface area contributed by atoms with E-state index in [0.29, 0.717) is 19.5 Å². The second-order valence-corrected chi connectivity index (χ2v) is 6.81. The fraction of sp³-hybridized carbons (Fsp3) is 0.130. The molecule has 0 bridgehead atoms. The van der Waals surface area contributed by atoms with Gasteiger partial charge < -0.3 is 15.6 Å². The minimum absolute atomic E-state index is 0.202. The fourth-order valence-corrected chi connectivity index (χ4v) is 3.20. The summed E-state index contributed by atoms with van der Waals surface area (Å²) in [6, 6.07) is 16.5. The summed E-state index contributed by atoms with van der Waals surface area (Å²) in [5, 5.41) is 6.82. The van der Waals surface area contributed by atoms with Gasteiger partial charge in [0, 0.05) is 42.6 Å². The number of aromatic amines is 1. The first-order chi connectivity index (χ1) is 14.7. The molecule has 1 aromatic carbocycles. The van der Waals surface area contributed by atoms with Crippen molar-refractivity contribution in [2.75, 3.05) is 6.54 Å². The molecule has 150 valence electrons. The number of amides is 2. The first kappa shape index (κ1) is 19.3. The third-order valence-corrected chi connectivity index (χ3v) is 4.77. The van der Waals surface area contributed by atoms with E-state index in [9.17, 15) is 9.59 Å². The number of nitrogens with zero attached hydrogens (tertiary/aromatic N) is 2. The summed E-state index contributed by atoms with van der Waals surface area (Å²) < 4.78 is 0. The van der Waals surface area contributed by atoms with E-state index < -0.39 is 0 Å². The molecular weight excluding hydrogens is 378 g/mol. The molecule has 30 heavy (non-hydrogen) atoms. The van der Waals surface area contributed by atoms with Gasteiger partial charge in [0.05, 0.1) is 0 Å². The normalized spacial score (nSPS) is 10.7. The van der Waals surface area contributed by atoms with Crippen molar-refractivity contribution in [1.82, 2.24) is 25.6 Å². The lowest BCUT2D eigenvalue weighted by Crippen LogP contribution is -2.28. The van der Waals surface area contributed by atoms with Gasteiger partial charge in [-0.15, -0.1) is 0 Å². The van der Waals surface area contributed by atoms with Gasteiger partial charge in [0.25, 0.3) is 11.8 Å². The minimum Gasteiger partial charge on any atom is -0.361 e. The molecule has 0 saturated carbocycles. The van der Waals surface area contributed by atoms with E-state index in [1.54, 1.807) is 30.6 Å². The standard InChI is InChI=1S/C23H21N5O2/c29-22(25-13-10-17-15-26-19-5-2-1-4-18(17)19)20-6-3-7-21(28-20)23(30)27-14-16-8-11-24-12-9-16/h1-9,11-12,15,26H,10,13-14H2,(H,25,29)(H,27,30). The van der Waals surface area contributed by atoms with Crippen molar-refractivity contribution >= 4 is 22.7 Å². The Morgan fingerprint density at radius 2 is 1.60 bits per heavy atom. The number of pyridine rings is 2. The highest BCUT2D eigenvalue weighted by molar-refractivity contribution is 5.96. The SMILES string of the molecule is O=C(NCCc1c[nH]c2ccccc12)c1cccc(C(=O)NCc2ccncc2)n1. The van der Waals surface area contributed by atoms with Crippen molar-refractivity contribution in [1.29, 1.82) is 0 Å². The van der Waals surface area contributed by atoms with E-state index in [2.05, 4.69) is 31.7 Å². The Balaban J connectivity index is 1.33. The van der Waals surface area contributed by atoms with Crippen LogP contribution in [0.4, 0.5) is 0 Å². The summed E-state index contributed by atoms with van der Waals surface area (Å²) in [5.41, 5.74) is 3.57. The topological polar surface area (TPSA) is 99.8 Å². The number of carbonyl (C=O) groups excluding carboxylic acids is 2. The Morgan fingerprint density at radius 1 is 0.867 bits per heavy atom. The van der Waals surface area contributed by atoms with Gasteiger partial charge >= 0.3 is 0 Å². The molecule has 0 radical (unpaired) electrons. The van der Waals surface area contributed by atoms with Gasteiger partial charge in [-0.25, -0.2) is 4.98 Å². The van der Waals surface area contributed by atoms with Gasteiger partial charge in [0.2, 0.25) is 0 Å². The number of H-pyrrole nitrogens is 1. The van der Waals surface area contributed by atoms with Crippen LogP contribution in [-0.2, 0) is 13.0 Å². The predicted octanol–water partition coefficient (Wildman–Crippen LogP) is 2.86. The average molecular weight is 399 g/mol. The second-order valence-electron chi connectivity index (χ2n) is 6.81. The maximum Gasteiger partial charge on any atom is 0.270 e. The van der Waals surface area contributed by atoms with Crippen LogP contribution in [0.5, 0.6) is 0 Å². The van der Waals surface area contributed by atoms with Crippen LogP contribution < -0.4 is 10.6 Å². The number of hydrogen-bond acceptors (Lipinski definition) is 4. The molecule has 7 nitrogen and oxygen atoms in total. The van der Waals surface area contributed by atoms with Crippen LogP contribution in [-0.4, -0.2) is 33.3 Å². The van der Waals surface area contributed by atoms with Gasteiger partial charge in [0.1, 0.15) is 11.4 Å². The molecule has 0 unspecified atom stereocenters. The van der Waals surface area contributed by atoms with E-state index in [-0.39, 0.29) is 23.2 Å². The van der Waals surface area contributed by atoms with Crippen LogP contribution in [0, 0.1) is 0 Å². The lowest BCUT2D eigenvalue weighted by atomic mass is 10.1. The third-order valence-electron chi connectivity index (χ3n) is 4.77. The van der Waals surface area contributed by atoms with Gasteiger partial charge in [-0.1, -0.05) is 24.3 Å². The number of aromatic nitrogens is 3. The van der Waals surface area contributed by atoms with Gasteiger partial charge in [-0.3, -0.25) is 14.6 Å². The zero-order valence-corrected chi connectivity index (χ0v) is 16.3. The van der Waals surface area contributed by atoms with E-state index in [1.165, 1.54) is 0 Å². The molecule has 4 aromatic rings. The molecule has 0 saturated heterocycles. The lowest BCUT2D eigenvalue weighted by molar-refractivity contribution is 0.0943. The Kier molecular flexibility index (Phi) is 5.80. The Labute approximate surface area is 173 Å². The molecule has 0 spiro atoms. The highest BCUT2D eigenvalue weighted by atomic mass is 16.2. The van der Waals surface area contributed by atoms with Crippen molar-refractivity contribution in [3.05, 3.63) is 95.7 Å². The largest absolute Gasteiger partial charge is 0.361 e. The maximum atomic E-state index is 12.5. The first-order valence-electron chi connectivity index (χ1n) is 9.68. The minimum atomic E-state index is -0.333. The lowest BCUT2D eigenvalue weighted by Gasteiger charge is -2.07. The smallest absolute Gasteiger partial charge is 0.270 e. The monoisotopic (exact) mass is 399 g/mol. The van der Waals surface area contributed by atoms with E-state index in [0.717, 1.165) is 22.0 Å². The molecular formula is C23H21N5O2. The number of fused-ring (bicyclic) bond motifs is 1. The highest BCUT2D eigenvalue weighted by Crippen LogP contribution is 2.17. The molecule has 7 heteroatoms. The van der Waals surface area contributed by atoms with Crippen LogP contribution in [0.15, 0.2) is 73.2 Å². The van der Waals surface area contributed by atoms with Crippen LogP contribution in [0.3, 0.4) is 0 Å². The fourth-order valence-electron chi connectivity index (χ4n) is 3.20. The van der Waals surface area contributed by atoms with Gasteiger partial charge in [0.15, 0.2) is 0 Å². The highest BCUT2D eigenvalue weighted by Gasteiger charge is 2.12. The maximum absolute atomic E-state index is 12.5. The van der Waals surface area contributed by atoms with Crippen molar-refractivity contribution in [2.24, 2.45) is 0 Å². The molecule has 0 aliphatic carbocycles. The summed E-state index contributed by atoms with van der Waals surface area (Å²) in [5.74, 6) is -0.640. The Morgan fingerprint density at radius 3 is 2.40 bits per heavy atom. The van der Waals surface area contributed by atoms with E-state index in [1.807, 2.05) is 36.5 Å². The van der Waals surface area contributed by atoms with Crippen molar-refractivity contribution in [2.45, 2.75) is 13.0 Å². The summed E-state index contributed by atoms with van der Waals surface area (Å²) in [6.45, 7) is 0.838. The number of carbonyl (C=O) groups is 2. The van der Waals surface area contributed by atoms with Crippen LogP contribution in [0.25, 0.3) is 10.9 Å². The average Bonchev–Trinajstić information content (AvgIpc) is 3.21. The number of benzene rings is 1. The van der Waals surface area contributed by atoms with Gasteiger partial charge in [-0.05, 0) is 47.9 Å². The molecule has 3 aromatic heterocycles.